The smallest absolute Gasteiger partial charge is 0.475 e. The van der Waals surface area contributed by atoms with Crippen molar-refractivity contribution in [2.45, 2.75) is 25.7 Å². The van der Waals surface area contributed by atoms with Crippen molar-refractivity contribution < 1.29 is 32.6 Å². The van der Waals surface area contributed by atoms with Gasteiger partial charge in [0.1, 0.15) is 5.82 Å². The van der Waals surface area contributed by atoms with Crippen molar-refractivity contribution in [1.29, 1.82) is 0 Å². The number of ether oxygens (including phenoxy) is 1. The second kappa shape index (κ2) is 11.9. The Morgan fingerprint density at radius 2 is 1.70 bits per heavy atom. The molecule has 37 heavy (non-hydrogen) atoms. The zero-order valence-electron chi connectivity index (χ0n) is 20.8. The molecule has 2 heterocycles. The van der Waals surface area contributed by atoms with Gasteiger partial charge in [-0.05, 0) is 29.8 Å². The highest BCUT2D eigenvalue weighted by atomic mass is 19.4. The zero-order chi connectivity index (χ0) is 27.2. The van der Waals surface area contributed by atoms with E-state index >= 15 is 0 Å². The maximum absolute atomic E-state index is 13.1. The minimum absolute atomic E-state index is 0.0763. The Morgan fingerprint density at radius 3 is 2.30 bits per heavy atom. The lowest BCUT2D eigenvalue weighted by Gasteiger charge is -2.21. The van der Waals surface area contributed by atoms with E-state index in [0.717, 1.165) is 46.9 Å². The number of fused-ring (bicyclic) bond motifs is 1. The fourth-order valence-corrected chi connectivity index (χ4v) is 3.98. The van der Waals surface area contributed by atoms with E-state index in [4.69, 9.17) is 14.6 Å². The van der Waals surface area contributed by atoms with Crippen molar-refractivity contribution in [1.82, 2.24) is 14.5 Å². The Kier molecular flexibility index (Phi) is 8.93. The molecule has 0 aliphatic carbocycles. The van der Waals surface area contributed by atoms with Crippen LogP contribution in [0, 0.1) is 0 Å². The first-order valence-electron chi connectivity index (χ1n) is 11.5. The number of anilines is 1. The van der Waals surface area contributed by atoms with E-state index in [2.05, 4.69) is 21.7 Å². The number of imidazole rings is 1. The maximum Gasteiger partial charge on any atom is 0.490 e. The van der Waals surface area contributed by atoms with Gasteiger partial charge in [-0.2, -0.15) is 13.2 Å². The van der Waals surface area contributed by atoms with Gasteiger partial charge in [0.15, 0.2) is 0 Å². The number of rotatable bonds is 5. The van der Waals surface area contributed by atoms with Crippen LogP contribution in [-0.4, -0.2) is 71.9 Å². The minimum atomic E-state index is -5.08. The maximum atomic E-state index is 13.1. The Hall–Kier alpha value is -3.86. The molecule has 4 rings (SSSR count). The molecule has 0 fully saturated rings. The van der Waals surface area contributed by atoms with E-state index < -0.39 is 12.1 Å². The van der Waals surface area contributed by atoms with Crippen LogP contribution in [0.5, 0.6) is 0 Å². The highest BCUT2D eigenvalue weighted by molar-refractivity contribution is 5.94. The number of alkyl halides is 3. The number of benzene rings is 2. The average Bonchev–Trinajstić information content (AvgIpc) is 3.14. The van der Waals surface area contributed by atoms with Gasteiger partial charge in [-0.15, -0.1) is 0 Å². The third-order valence-electron chi connectivity index (χ3n) is 5.89. The van der Waals surface area contributed by atoms with Gasteiger partial charge in [0, 0.05) is 64.1 Å². The van der Waals surface area contributed by atoms with Gasteiger partial charge in [0.2, 0.25) is 0 Å². The molecular formula is C26H29F3N4O4. The summed E-state index contributed by atoms with van der Waals surface area (Å²) in [6.45, 7) is 2.62. The number of carboxylic acid groups (broad SMARTS) is 1. The average molecular weight is 519 g/mol. The summed E-state index contributed by atoms with van der Waals surface area (Å²) >= 11 is 0. The van der Waals surface area contributed by atoms with Crippen LogP contribution in [0.25, 0.3) is 11.3 Å². The van der Waals surface area contributed by atoms with Crippen molar-refractivity contribution in [3.05, 3.63) is 71.7 Å². The Labute approximate surface area is 212 Å². The summed E-state index contributed by atoms with van der Waals surface area (Å²) < 4.78 is 39.4. The van der Waals surface area contributed by atoms with Gasteiger partial charge in [-0.3, -0.25) is 4.79 Å². The van der Waals surface area contributed by atoms with Crippen molar-refractivity contribution in [2.24, 2.45) is 0 Å². The molecular weight excluding hydrogens is 489 g/mol. The summed E-state index contributed by atoms with van der Waals surface area (Å²) in [5.74, 6) is -1.66. The first-order valence-corrected chi connectivity index (χ1v) is 11.5. The fraction of sp³-hybridized carbons (Fsp3) is 0.346. The van der Waals surface area contributed by atoms with Crippen molar-refractivity contribution in [2.75, 3.05) is 39.2 Å². The number of hydrogen-bond donors (Lipinski definition) is 1. The van der Waals surface area contributed by atoms with E-state index in [9.17, 15) is 18.0 Å². The number of amides is 1. The normalized spacial score (nSPS) is 13.2. The summed E-state index contributed by atoms with van der Waals surface area (Å²) in [6, 6.07) is 16.1. The number of nitrogens with zero attached hydrogens (tertiary/aromatic N) is 4. The lowest BCUT2D eigenvalue weighted by atomic mass is 10.1. The predicted molar refractivity (Wildman–Crippen MR) is 132 cm³/mol. The SMILES string of the molecule is COCc1ccccc1-c1cnc2n1CCN(C(=O)c1ccc(N(C)C)cc1)CC2.O=C(O)C(F)(F)F. The molecule has 0 saturated carbocycles. The number of aromatic nitrogens is 2. The molecule has 0 atom stereocenters. The van der Waals surface area contributed by atoms with Gasteiger partial charge >= 0.3 is 12.1 Å². The summed E-state index contributed by atoms with van der Waals surface area (Å²) in [4.78, 5) is 30.6. The third kappa shape index (κ3) is 6.88. The van der Waals surface area contributed by atoms with Crippen molar-refractivity contribution >= 4 is 17.6 Å². The number of carbonyl (C=O) groups is 2. The Balaban J connectivity index is 0.000000479. The van der Waals surface area contributed by atoms with Crippen LogP contribution in [0.2, 0.25) is 0 Å². The Bertz CT molecular complexity index is 1220. The van der Waals surface area contributed by atoms with Gasteiger partial charge < -0.3 is 24.2 Å². The van der Waals surface area contributed by atoms with Gasteiger partial charge in [-0.1, -0.05) is 24.3 Å². The minimum Gasteiger partial charge on any atom is -0.475 e. The summed E-state index contributed by atoms with van der Waals surface area (Å²) in [5.41, 5.74) is 5.17. The standard InChI is InChI=1S/C24H28N4O2.C2HF3O2/c1-26(2)20-10-8-18(9-11-20)24(29)27-13-12-23-25-16-22(28(23)15-14-27)21-7-5-4-6-19(21)17-30-3;3-2(4,5)1(6)7/h4-11,16H,12-15,17H2,1-3H3;(H,6,7). The number of carbonyl (C=O) groups excluding carboxylic acids is 1. The molecule has 8 nitrogen and oxygen atoms in total. The first kappa shape index (κ1) is 27.7. The van der Waals surface area contributed by atoms with E-state index in [-0.39, 0.29) is 5.91 Å². The number of aliphatic carboxylic acids is 1. The lowest BCUT2D eigenvalue weighted by molar-refractivity contribution is -0.192. The number of halogens is 3. The molecule has 0 spiro atoms. The molecule has 1 amide bonds. The molecule has 1 aliphatic rings. The van der Waals surface area contributed by atoms with Crippen LogP contribution in [0.1, 0.15) is 21.7 Å². The largest absolute Gasteiger partial charge is 0.490 e. The molecule has 3 aromatic rings. The van der Waals surface area contributed by atoms with E-state index in [1.807, 2.05) is 66.5 Å². The summed E-state index contributed by atoms with van der Waals surface area (Å²) in [7, 11) is 5.70. The van der Waals surface area contributed by atoms with Crippen LogP contribution < -0.4 is 4.90 Å². The molecule has 0 saturated heterocycles. The van der Waals surface area contributed by atoms with Crippen molar-refractivity contribution in [3.8, 4) is 11.3 Å². The molecule has 0 unspecified atom stereocenters. The monoisotopic (exact) mass is 518 g/mol. The number of carboxylic acids is 1. The third-order valence-corrected chi connectivity index (χ3v) is 5.89. The predicted octanol–water partition coefficient (Wildman–Crippen LogP) is 4.09. The second-order valence-electron chi connectivity index (χ2n) is 8.59. The lowest BCUT2D eigenvalue weighted by Crippen LogP contribution is -2.33. The molecule has 11 heteroatoms. The van der Waals surface area contributed by atoms with E-state index in [1.54, 1.807) is 7.11 Å². The molecule has 1 aromatic heterocycles. The van der Waals surface area contributed by atoms with Crippen LogP contribution in [0.15, 0.2) is 54.7 Å². The van der Waals surface area contributed by atoms with Crippen LogP contribution in [0.4, 0.5) is 18.9 Å². The van der Waals surface area contributed by atoms with Gasteiger partial charge in [-0.25, -0.2) is 9.78 Å². The first-order chi connectivity index (χ1) is 17.5. The highest BCUT2D eigenvalue weighted by Gasteiger charge is 2.38. The molecule has 1 aliphatic heterocycles. The number of hydrogen-bond acceptors (Lipinski definition) is 5. The molecule has 2 aromatic carbocycles. The second-order valence-corrected chi connectivity index (χ2v) is 8.59. The highest BCUT2D eigenvalue weighted by Crippen LogP contribution is 2.27. The summed E-state index contributed by atoms with van der Waals surface area (Å²) in [5, 5.41) is 7.12. The van der Waals surface area contributed by atoms with E-state index in [1.165, 1.54) is 0 Å². The molecule has 0 bridgehead atoms. The van der Waals surface area contributed by atoms with Gasteiger partial charge in [0.25, 0.3) is 5.91 Å². The fourth-order valence-electron chi connectivity index (χ4n) is 3.98. The quantitative estimate of drug-likeness (QED) is 0.548. The molecule has 198 valence electrons. The van der Waals surface area contributed by atoms with Crippen LogP contribution >= 0.6 is 0 Å². The Morgan fingerprint density at radius 1 is 1.05 bits per heavy atom. The zero-order valence-corrected chi connectivity index (χ0v) is 20.8. The number of methoxy groups -OCH3 is 1. The topological polar surface area (TPSA) is 87.9 Å². The van der Waals surface area contributed by atoms with Crippen molar-refractivity contribution in [3.63, 3.8) is 0 Å². The van der Waals surface area contributed by atoms with Crippen LogP contribution in [-0.2, 0) is 29.1 Å². The molecule has 1 N–H and O–H groups in total. The molecule has 0 radical (unpaired) electrons. The van der Waals surface area contributed by atoms with Gasteiger partial charge in [0.05, 0.1) is 18.5 Å². The summed E-state index contributed by atoms with van der Waals surface area (Å²) in [6.07, 6.45) is -2.39. The van der Waals surface area contributed by atoms with Crippen LogP contribution in [0.3, 0.4) is 0 Å². The van der Waals surface area contributed by atoms with E-state index in [0.29, 0.717) is 19.7 Å².